The lowest BCUT2D eigenvalue weighted by atomic mass is 9.89. The molecule has 3 N–H and O–H groups in total. The van der Waals surface area contributed by atoms with E-state index in [4.69, 9.17) is 28.1 Å². The number of nitrogens with zero attached hydrogens (tertiary/aromatic N) is 1. The molecule has 41 heavy (non-hydrogen) atoms. The summed E-state index contributed by atoms with van der Waals surface area (Å²) in [6.45, 7) is 5.78. The van der Waals surface area contributed by atoms with Gasteiger partial charge in [0.25, 0.3) is 0 Å². The summed E-state index contributed by atoms with van der Waals surface area (Å²) in [6.07, 6.45) is 0.974. The Kier molecular flexibility index (Phi) is 8.35. The van der Waals surface area contributed by atoms with Gasteiger partial charge in [-0.05, 0) is 64.3 Å². The van der Waals surface area contributed by atoms with E-state index < -0.39 is 53.6 Å². The first-order valence-electron chi connectivity index (χ1n) is 13.5. The standard InChI is InChI=1S/C30H35NO10/c1-16-20(38-29-26(39-21-10-6-8-14-37-21)24(34)27(36-4)30(2,3)41-29)12-11-18-23(33)22(28(35)40-25(16)18)19(32)15-17-9-5-7-13-31-17/h5,7,9,11-13,15,21,24,26-27,29,32-34H,6,8,10,14H2,1-4H3/t21?,24-,26+,27+,29+/m0/s1. The molecule has 0 radical (unpaired) electrons. The molecule has 0 saturated carbocycles. The SMILES string of the molecule is CO[C@@H]1[C@@H](O)[C@@H](OC2CCCCO2)[C@H](Oc2ccc3c(O)c(C(O)=Cc4ccccn4)c(=O)oc3c2C)OC1(C)C. The molecule has 11 nitrogen and oxygen atoms in total. The summed E-state index contributed by atoms with van der Waals surface area (Å²) in [7, 11) is 1.49. The van der Waals surface area contributed by atoms with E-state index in [2.05, 4.69) is 4.98 Å². The van der Waals surface area contributed by atoms with Gasteiger partial charge in [-0.2, -0.15) is 0 Å². The maximum atomic E-state index is 12.9. The van der Waals surface area contributed by atoms with E-state index >= 15 is 0 Å². The molecule has 2 fully saturated rings. The number of hydrogen-bond donors (Lipinski definition) is 3. The average Bonchev–Trinajstić information content (AvgIpc) is 2.93. The van der Waals surface area contributed by atoms with Crippen LogP contribution in [0.5, 0.6) is 11.5 Å². The molecule has 0 amide bonds. The fourth-order valence-electron chi connectivity index (χ4n) is 5.35. The van der Waals surface area contributed by atoms with Crippen molar-refractivity contribution in [1.29, 1.82) is 0 Å². The Bertz CT molecular complexity index is 1460. The van der Waals surface area contributed by atoms with Crippen LogP contribution >= 0.6 is 0 Å². The summed E-state index contributed by atoms with van der Waals surface area (Å²) in [5.74, 6) is -0.651. The zero-order valence-electron chi connectivity index (χ0n) is 23.4. The lowest BCUT2D eigenvalue weighted by Crippen LogP contribution is -2.65. The second-order valence-electron chi connectivity index (χ2n) is 10.7. The number of rotatable bonds is 7. The third-order valence-electron chi connectivity index (χ3n) is 7.44. The Morgan fingerprint density at radius 3 is 2.68 bits per heavy atom. The largest absolute Gasteiger partial charge is 0.507 e. The number of fused-ring (bicyclic) bond motifs is 1. The summed E-state index contributed by atoms with van der Waals surface area (Å²) < 4.78 is 35.5. The Morgan fingerprint density at radius 1 is 1.20 bits per heavy atom. The van der Waals surface area contributed by atoms with Gasteiger partial charge in [0.1, 0.15) is 40.6 Å². The monoisotopic (exact) mass is 569 g/mol. The number of aromatic nitrogens is 1. The minimum atomic E-state index is -1.10. The minimum Gasteiger partial charge on any atom is -0.507 e. The second-order valence-corrected chi connectivity index (χ2v) is 10.7. The quantitative estimate of drug-likeness (QED) is 0.279. The highest BCUT2D eigenvalue weighted by Gasteiger charge is 2.52. The van der Waals surface area contributed by atoms with E-state index in [9.17, 15) is 20.1 Å². The molecule has 2 aromatic heterocycles. The number of aromatic hydroxyl groups is 1. The fraction of sp³-hybridized carbons (Fsp3) is 0.467. The molecule has 5 rings (SSSR count). The van der Waals surface area contributed by atoms with Crippen LogP contribution in [0.3, 0.4) is 0 Å². The van der Waals surface area contributed by atoms with Crippen LogP contribution in [-0.4, -0.2) is 70.5 Å². The van der Waals surface area contributed by atoms with Crippen molar-refractivity contribution < 1.29 is 43.4 Å². The van der Waals surface area contributed by atoms with Crippen molar-refractivity contribution in [1.82, 2.24) is 4.98 Å². The number of hydrogen-bond acceptors (Lipinski definition) is 11. The zero-order valence-corrected chi connectivity index (χ0v) is 23.4. The normalized spacial score (nSPS) is 26.7. The molecule has 3 aromatic rings. The van der Waals surface area contributed by atoms with Gasteiger partial charge in [0.2, 0.25) is 6.29 Å². The van der Waals surface area contributed by atoms with E-state index in [0.717, 1.165) is 12.8 Å². The first kappa shape index (κ1) is 29.0. The molecule has 2 aliphatic rings. The molecule has 0 bridgehead atoms. The maximum absolute atomic E-state index is 12.9. The van der Waals surface area contributed by atoms with Crippen molar-refractivity contribution in [2.45, 2.75) is 76.5 Å². The second kappa shape index (κ2) is 11.8. The van der Waals surface area contributed by atoms with Crippen LogP contribution in [0.25, 0.3) is 22.8 Å². The van der Waals surface area contributed by atoms with Gasteiger partial charge in [0, 0.05) is 31.6 Å². The maximum Gasteiger partial charge on any atom is 0.351 e. The van der Waals surface area contributed by atoms with E-state index in [1.165, 1.54) is 25.4 Å². The van der Waals surface area contributed by atoms with Crippen LogP contribution in [-0.2, 0) is 18.9 Å². The highest BCUT2D eigenvalue weighted by molar-refractivity contribution is 5.92. The highest BCUT2D eigenvalue weighted by atomic mass is 16.7. The Hall–Kier alpha value is -3.48. The Morgan fingerprint density at radius 2 is 2.00 bits per heavy atom. The number of aryl methyl sites for hydroxylation is 1. The third-order valence-corrected chi connectivity index (χ3v) is 7.44. The number of ether oxygens (including phenoxy) is 5. The smallest absolute Gasteiger partial charge is 0.351 e. The van der Waals surface area contributed by atoms with Gasteiger partial charge in [-0.3, -0.25) is 4.98 Å². The topological polar surface area (TPSA) is 150 Å². The number of aliphatic hydroxyl groups is 2. The minimum absolute atomic E-state index is 0.0675. The molecule has 4 heterocycles. The summed E-state index contributed by atoms with van der Waals surface area (Å²) in [4.78, 5) is 17.0. The highest BCUT2D eigenvalue weighted by Crippen LogP contribution is 2.39. The molecular weight excluding hydrogens is 534 g/mol. The van der Waals surface area contributed by atoms with Crippen LogP contribution in [0.15, 0.2) is 45.7 Å². The molecular formula is C30H35NO10. The molecule has 0 aliphatic carbocycles. The van der Waals surface area contributed by atoms with Gasteiger partial charge in [-0.15, -0.1) is 0 Å². The summed E-state index contributed by atoms with van der Waals surface area (Å²) in [5, 5.41) is 33.0. The number of methoxy groups -OCH3 is 1. The first-order valence-corrected chi connectivity index (χ1v) is 13.5. The van der Waals surface area contributed by atoms with E-state index in [0.29, 0.717) is 24.3 Å². The van der Waals surface area contributed by atoms with Crippen LogP contribution in [0, 0.1) is 6.92 Å². The lowest BCUT2D eigenvalue weighted by molar-refractivity contribution is -0.339. The van der Waals surface area contributed by atoms with Crippen molar-refractivity contribution in [3.05, 3.63) is 63.8 Å². The molecule has 2 aliphatic heterocycles. The van der Waals surface area contributed by atoms with Crippen molar-refractivity contribution in [2.24, 2.45) is 0 Å². The van der Waals surface area contributed by atoms with Crippen LogP contribution in [0.1, 0.15) is 49.9 Å². The Labute approximate surface area is 236 Å². The van der Waals surface area contributed by atoms with E-state index in [1.807, 2.05) is 0 Å². The zero-order chi connectivity index (χ0) is 29.3. The van der Waals surface area contributed by atoms with Gasteiger partial charge in [0.15, 0.2) is 12.4 Å². The average molecular weight is 570 g/mol. The van der Waals surface area contributed by atoms with Crippen molar-refractivity contribution in [3.63, 3.8) is 0 Å². The van der Waals surface area contributed by atoms with Crippen molar-refractivity contribution in [3.8, 4) is 11.5 Å². The van der Waals surface area contributed by atoms with Crippen molar-refractivity contribution >= 4 is 22.8 Å². The summed E-state index contributed by atoms with van der Waals surface area (Å²) >= 11 is 0. The lowest BCUT2D eigenvalue weighted by Gasteiger charge is -2.48. The number of benzene rings is 1. The molecule has 0 spiro atoms. The molecule has 220 valence electrons. The van der Waals surface area contributed by atoms with Gasteiger partial charge in [-0.1, -0.05) is 6.07 Å². The summed E-state index contributed by atoms with van der Waals surface area (Å²) in [5.41, 5.74) is -1.40. The van der Waals surface area contributed by atoms with E-state index in [-0.39, 0.29) is 22.3 Å². The van der Waals surface area contributed by atoms with Gasteiger partial charge >= 0.3 is 5.63 Å². The van der Waals surface area contributed by atoms with Crippen molar-refractivity contribution in [2.75, 3.05) is 13.7 Å². The van der Waals surface area contributed by atoms with Gasteiger partial charge in [-0.25, -0.2) is 4.79 Å². The molecule has 1 aromatic carbocycles. The van der Waals surface area contributed by atoms with E-state index in [1.54, 1.807) is 45.0 Å². The predicted molar refractivity (Wildman–Crippen MR) is 148 cm³/mol. The fourth-order valence-corrected chi connectivity index (χ4v) is 5.35. The van der Waals surface area contributed by atoms with Gasteiger partial charge < -0.3 is 43.4 Å². The molecule has 2 saturated heterocycles. The summed E-state index contributed by atoms with van der Waals surface area (Å²) in [6, 6.07) is 8.17. The van der Waals surface area contributed by atoms with Crippen LogP contribution < -0.4 is 10.4 Å². The molecule has 11 heteroatoms. The number of pyridine rings is 1. The number of aliphatic hydroxyl groups excluding tert-OH is 2. The van der Waals surface area contributed by atoms with Crippen LogP contribution in [0.2, 0.25) is 0 Å². The molecule has 5 atom stereocenters. The van der Waals surface area contributed by atoms with Gasteiger partial charge in [0.05, 0.1) is 16.7 Å². The predicted octanol–water partition coefficient (Wildman–Crippen LogP) is 4.06. The Balaban J connectivity index is 1.48. The first-order chi connectivity index (χ1) is 19.6. The molecule has 1 unspecified atom stereocenters. The van der Waals surface area contributed by atoms with Crippen LogP contribution in [0.4, 0.5) is 0 Å². The third kappa shape index (κ3) is 5.81.